The number of hydrogen-bond donors (Lipinski definition) is 3. The summed E-state index contributed by atoms with van der Waals surface area (Å²) in [5.74, 6) is 6.05. The van der Waals surface area contributed by atoms with Gasteiger partial charge in [-0.1, -0.05) is 6.92 Å². The van der Waals surface area contributed by atoms with Gasteiger partial charge in [-0.3, -0.25) is 5.43 Å². The fraction of sp³-hybridized carbons (Fsp3) is 0.750. The topological polar surface area (TPSA) is 107 Å². The van der Waals surface area contributed by atoms with Crippen LogP contribution >= 0.6 is 0 Å². The highest BCUT2D eigenvalue weighted by Gasteiger charge is 2.29. The zero-order valence-electron chi connectivity index (χ0n) is 12.0. The van der Waals surface area contributed by atoms with Crippen LogP contribution in [0.5, 0.6) is 6.01 Å². The summed E-state index contributed by atoms with van der Waals surface area (Å²) in [6.45, 7) is 6.07. The number of ether oxygens (including phenoxy) is 2. The second kappa shape index (κ2) is 6.67. The van der Waals surface area contributed by atoms with Gasteiger partial charge in [0, 0.05) is 13.2 Å². The summed E-state index contributed by atoms with van der Waals surface area (Å²) >= 11 is 0. The van der Waals surface area contributed by atoms with Gasteiger partial charge in [0.2, 0.25) is 11.9 Å². The van der Waals surface area contributed by atoms with E-state index in [4.69, 9.17) is 15.3 Å². The first-order chi connectivity index (χ1) is 9.65. The van der Waals surface area contributed by atoms with Crippen LogP contribution in [0, 0.1) is 0 Å². The molecule has 1 aromatic rings. The molecule has 0 spiro atoms. The summed E-state index contributed by atoms with van der Waals surface area (Å²) in [5, 5.41) is 3.16. The third-order valence-electron chi connectivity index (χ3n) is 3.10. The van der Waals surface area contributed by atoms with Crippen molar-refractivity contribution < 1.29 is 9.47 Å². The Morgan fingerprint density at radius 2 is 2.15 bits per heavy atom. The van der Waals surface area contributed by atoms with Gasteiger partial charge in [0.15, 0.2) is 0 Å². The van der Waals surface area contributed by atoms with Crippen molar-refractivity contribution in [1.82, 2.24) is 15.0 Å². The van der Waals surface area contributed by atoms with E-state index >= 15 is 0 Å². The average molecular weight is 282 g/mol. The largest absolute Gasteiger partial charge is 0.463 e. The molecule has 8 nitrogen and oxygen atoms in total. The lowest BCUT2D eigenvalue weighted by atomic mass is 10.0. The SMILES string of the molecule is CCCOc1nc(NN)nc(NCC2(C)CCCO2)n1. The molecule has 8 heteroatoms. The predicted molar refractivity (Wildman–Crippen MR) is 75.5 cm³/mol. The van der Waals surface area contributed by atoms with Crippen LogP contribution in [-0.2, 0) is 4.74 Å². The van der Waals surface area contributed by atoms with Gasteiger partial charge in [0.05, 0.1) is 12.2 Å². The van der Waals surface area contributed by atoms with Gasteiger partial charge in [-0.25, -0.2) is 5.84 Å². The average Bonchev–Trinajstić information content (AvgIpc) is 2.90. The number of nitrogens with one attached hydrogen (secondary N) is 2. The molecular formula is C12H22N6O2. The van der Waals surface area contributed by atoms with E-state index in [1.54, 1.807) is 0 Å². The minimum atomic E-state index is -0.173. The molecule has 2 rings (SSSR count). The Hall–Kier alpha value is -1.67. The van der Waals surface area contributed by atoms with Gasteiger partial charge in [0.25, 0.3) is 0 Å². The number of nitrogens with two attached hydrogens (primary N) is 1. The molecule has 1 aliphatic rings. The monoisotopic (exact) mass is 282 g/mol. The number of anilines is 2. The summed E-state index contributed by atoms with van der Waals surface area (Å²) in [6, 6.07) is 0.259. The lowest BCUT2D eigenvalue weighted by Gasteiger charge is -2.23. The molecule has 2 heterocycles. The fourth-order valence-electron chi connectivity index (χ4n) is 2.00. The molecule has 0 radical (unpaired) electrons. The second-order valence-corrected chi connectivity index (χ2v) is 5.01. The molecule has 1 atom stereocenters. The highest BCUT2D eigenvalue weighted by atomic mass is 16.5. The molecule has 0 aliphatic carbocycles. The van der Waals surface area contributed by atoms with Crippen molar-refractivity contribution in [2.24, 2.45) is 5.84 Å². The third-order valence-corrected chi connectivity index (χ3v) is 3.10. The van der Waals surface area contributed by atoms with E-state index in [1.165, 1.54) is 0 Å². The molecule has 20 heavy (non-hydrogen) atoms. The van der Waals surface area contributed by atoms with Crippen molar-refractivity contribution in [3.05, 3.63) is 0 Å². The Bertz CT molecular complexity index is 436. The van der Waals surface area contributed by atoms with Gasteiger partial charge < -0.3 is 14.8 Å². The van der Waals surface area contributed by atoms with Crippen molar-refractivity contribution in [3.63, 3.8) is 0 Å². The predicted octanol–water partition coefficient (Wildman–Crippen LogP) is 0.927. The van der Waals surface area contributed by atoms with Gasteiger partial charge in [-0.05, 0) is 26.2 Å². The number of aromatic nitrogens is 3. The van der Waals surface area contributed by atoms with E-state index in [0.717, 1.165) is 25.9 Å². The van der Waals surface area contributed by atoms with Crippen LogP contribution in [-0.4, -0.2) is 40.3 Å². The van der Waals surface area contributed by atoms with E-state index in [0.29, 0.717) is 19.1 Å². The number of nitrogen functional groups attached to an aromatic ring is 1. The smallest absolute Gasteiger partial charge is 0.323 e. The molecule has 1 saturated heterocycles. The van der Waals surface area contributed by atoms with Crippen LogP contribution in [0.2, 0.25) is 0 Å². The standard InChI is InChI=1S/C12H22N6O2/c1-3-6-19-11-16-9(15-10(17-11)18-13)14-8-12(2)5-4-7-20-12/h3-8,13H2,1-2H3,(H2,14,15,16,17,18). The summed E-state index contributed by atoms with van der Waals surface area (Å²) < 4.78 is 11.1. The lowest BCUT2D eigenvalue weighted by molar-refractivity contribution is 0.0314. The quantitative estimate of drug-likeness (QED) is 0.501. The summed E-state index contributed by atoms with van der Waals surface area (Å²) in [6.07, 6.45) is 2.98. The number of rotatable bonds is 7. The van der Waals surface area contributed by atoms with Crippen LogP contribution in [0.25, 0.3) is 0 Å². The van der Waals surface area contributed by atoms with Crippen LogP contribution in [0.15, 0.2) is 0 Å². The summed E-state index contributed by atoms with van der Waals surface area (Å²) in [5.41, 5.74) is 2.23. The molecule has 1 aliphatic heterocycles. The zero-order chi connectivity index (χ0) is 14.4. The van der Waals surface area contributed by atoms with Crippen LogP contribution < -0.4 is 21.3 Å². The second-order valence-electron chi connectivity index (χ2n) is 5.01. The normalized spacial score (nSPS) is 21.8. The first kappa shape index (κ1) is 14.7. The Labute approximate surface area is 118 Å². The maximum atomic E-state index is 5.71. The van der Waals surface area contributed by atoms with Gasteiger partial charge in [-0.2, -0.15) is 15.0 Å². The van der Waals surface area contributed by atoms with E-state index in [2.05, 4.69) is 32.6 Å². The summed E-state index contributed by atoms with van der Waals surface area (Å²) in [7, 11) is 0. The molecule has 0 bridgehead atoms. The van der Waals surface area contributed by atoms with E-state index in [9.17, 15) is 0 Å². The molecule has 0 aromatic carbocycles. The zero-order valence-corrected chi connectivity index (χ0v) is 12.0. The van der Waals surface area contributed by atoms with E-state index in [-0.39, 0.29) is 17.6 Å². The highest BCUT2D eigenvalue weighted by Crippen LogP contribution is 2.25. The number of nitrogens with zero attached hydrogens (tertiary/aromatic N) is 3. The maximum Gasteiger partial charge on any atom is 0.323 e. The highest BCUT2D eigenvalue weighted by molar-refractivity contribution is 5.35. The molecule has 1 fully saturated rings. The van der Waals surface area contributed by atoms with E-state index < -0.39 is 0 Å². The minimum Gasteiger partial charge on any atom is -0.463 e. The van der Waals surface area contributed by atoms with Crippen molar-refractivity contribution in [3.8, 4) is 6.01 Å². The Morgan fingerprint density at radius 1 is 1.35 bits per heavy atom. The van der Waals surface area contributed by atoms with Crippen LogP contribution in [0.3, 0.4) is 0 Å². The van der Waals surface area contributed by atoms with Gasteiger partial charge >= 0.3 is 6.01 Å². The first-order valence-corrected chi connectivity index (χ1v) is 6.88. The van der Waals surface area contributed by atoms with Crippen LogP contribution in [0.1, 0.15) is 33.1 Å². The Kier molecular flexibility index (Phi) is 4.91. The molecule has 0 amide bonds. The summed E-state index contributed by atoms with van der Waals surface area (Å²) in [4.78, 5) is 12.4. The molecule has 112 valence electrons. The van der Waals surface area contributed by atoms with E-state index in [1.807, 2.05) is 6.92 Å². The molecule has 0 saturated carbocycles. The number of hydrogen-bond acceptors (Lipinski definition) is 8. The Morgan fingerprint density at radius 3 is 2.80 bits per heavy atom. The molecule has 1 unspecified atom stereocenters. The minimum absolute atomic E-state index is 0.173. The molecular weight excluding hydrogens is 260 g/mol. The van der Waals surface area contributed by atoms with Crippen molar-refractivity contribution in [2.45, 2.75) is 38.7 Å². The molecule has 1 aromatic heterocycles. The number of hydrazine groups is 1. The van der Waals surface area contributed by atoms with Gasteiger partial charge in [0.1, 0.15) is 0 Å². The first-order valence-electron chi connectivity index (χ1n) is 6.88. The van der Waals surface area contributed by atoms with Crippen molar-refractivity contribution >= 4 is 11.9 Å². The van der Waals surface area contributed by atoms with Crippen LogP contribution in [0.4, 0.5) is 11.9 Å². The fourth-order valence-corrected chi connectivity index (χ4v) is 2.00. The third kappa shape index (κ3) is 3.91. The lowest BCUT2D eigenvalue weighted by Crippen LogP contribution is -2.33. The maximum absolute atomic E-state index is 5.71. The Balaban J connectivity index is 2.01. The molecule has 4 N–H and O–H groups in total. The van der Waals surface area contributed by atoms with Crippen molar-refractivity contribution in [1.29, 1.82) is 0 Å². The van der Waals surface area contributed by atoms with Gasteiger partial charge in [-0.15, -0.1) is 0 Å². The van der Waals surface area contributed by atoms with Crippen molar-refractivity contribution in [2.75, 3.05) is 30.5 Å².